The second-order valence-electron chi connectivity index (χ2n) is 8.75. The molecule has 190 valence electrons. The molecule has 1 aliphatic rings. The molecule has 0 radical (unpaired) electrons. The predicted molar refractivity (Wildman–Crippen MR) is 140 cm³/mol. The summed E-state index contributed by atoms with van der Waals surface area (Å²) in [5.41, 5.74) is 4.08. The molecule has 1 aliphatic heterocycles. The minimum absolute atomic E-state index is 0.182. The molecule has 9 heteroatoms. The van der Waals surface area contributed by atoms with Crippen LogP contribution in [0.2, 0.25) is 5.02 Å². The Morgan fingerprint density at radius 1 is 1.27 bits per heavy atom. The molecule has 8 nitrogen and oxygen atoms in total. The summed E-state index contributed by atoms with van der Waals surface area (Å²) in [6.07, 6.45) is 4.41. The highest BCUT2D eigenvalue weighted by molar-refractivity contribution is 6.30. The van der Waals surface area contributed by atoms with Gasteiger partial charge in [-0.15, -0.1) is 0 Å². The standard InChI is InChI=1S/C28H27ClN4O4/c1-4-11-32-18(2)13-21(19(32)3)14-22(16-30)28(35)37-17-27(34)33-25(26-6-5-12-36-26)15-24(31-33)20-7-9-23(29)10-8-20/h5-10,12-14,25H,4,11,15,17H2,1-3H3/b22-14+/t25-/m1/s1. The van der Waals surface area contributed by atoms with Crippen molar-refractivity contribution in [2.75, 3.05) is 6.61 Å². The molecule has 1 amide bonds. The lowest BCUT2D eigenvalue weighted by atomic mass is 10.0. The highest BCUT2D eigenvalue weighted by Crippen LogP contribution is 2.33. The van der Waals surface area contributed by atoms with Gasteiger partial charge in [-0.05, 0) is 67.8 Å². The number of hydrogen-bond acceptors (Lipinski definition) is 6. The maximum atomic E-state index is 13.1. The molecule has 2 aromatic heterocycles. The third kappa shape index (κ3) is 5.68. The van der Waals surface area contributed by atoms with Crippen LogP contribution in [0.15, 0.2) is 63.8 Å². The van der Waals surface area contributed by atoms with Gasteiger partial charge in [-0.25, -0.2) is 9.80 Å². The van der Waals surface area contributed by atoms with Gasteiger partial charge in [-0.3, -0.25) is 4.79 Å². The summed E-state index contributed by atoms with van der Waals surface area (Å²) in [4.78, 5) is 25.8. The van der Waals surface area contributed by atoms with Crippen molar-refractivity contribution in [1.29, 1.82) is 5.26 Å². The number of amides is 1. The van der Waals surface area contributed by atoms with Crippen molar-refractivity contribution in [2.45, 2.75) is 46.2 Å². The predicted octanol–water partition coefficient (Wildman–Crippen LogP) is 5.59. The van der Waals surface area contributed by atoms with Gasteiger partial charge in [-0.2, -0.15) is 10.4 Å². The van der Waals surface area contributed by atoms with Crippen molar-refractivity contribution in [1.82, 2.24) is 9.58 Å². The molecular weight excluding hydrogens is 492 g/mol. The zero-order valence-corrected chi connectivity index (χ0v) is 21.7. The van der Waals surface area contributed by atoms with Crippen molar-refractivity contribution in [2.24, 2.45) is 5.10 Å². The molecule has 37 heavy (non-hydrogen) atoms. The van der Waals surface area contributed by atoms with Crippen LogP contribution >= 0.6 is 11.6 Å². The van der Waals surface area contributed by atoms with Crippen LogP contribution in [0.5, 0.6) is 0 Å². The molecule has 0 aliphatic carbocycles. The molecule has 4 rings (SSSR count). The fourth-order valence-corrected chi connectivity index (χ4v) is 4.49. The molecule has 0 spiro atoms. The van der Waals surface area contributed by atoms with Crippen LogP contribution < -0.4 is 0 Å². The second-order valence-corrected chi connectivity index (χ2v) is 9.19. The number of benzene rings is 1. The van der Waals surface area contributed by atoms with Crippen LogP contribution in [0, 0.1) is 25.2 Å². The third-order valence-electron chi connectivity index (χ3n) is 6.24. The quantitative estimate of drug-likeness (QED) is 0.220. The van der Waals surface area contributed by atoms with Gasteiger partial charge in [0.25, 0.3) is 5.91 Å². The van der Waals surface area contributed by atoms with E-state index in [0.717, 1.165) is 35.5 Å². The summed E-state index contributed by atoms with van der Waals surface area (Å²) in [5, 5.41) is 16.0. The number of furan rings is 1. The van der Waals surface area contributed by atoms with E-state index in [2.05, 4.69) is 16.6 Å². The Balaban J connectivity index is 1.50. The van der Waals surface area contributed by atoms with E-state index >= 15 is 0 Å². The number of esters is 1. The highest BCUT2D eigenvalue weighted by Gasteiger charge is 2.35. The van der Waals surface area contributed by atoms with Crippen molar-refractivity contribution in [3.63, 3.8) is 0 Å². The number of nitrogens with zero attached hydrogens (tertiary/aromatic N) is 4. The van der Waals surface area contributed by atoms with Gasteiger partial charge >= 0.3 is 5.97 Å². The normalized spacial score (nSPS) is 15.4. The summed E-state index contributed by atoms with van der Waals surface area (Å²) in [6, 6.07) is 14.0. The van der Waals surface area contributed by atoms with Crippen LogP contribution in [-0.4, -0.2) is 33.8 Å². The molecule has 0 N–H and O–H groups in total. The van der Waals surface area contributed by atoms with Crippen molar-refractivity contribution < 1.29 is 18.7 Å². The first-order valence-corrected chi connectivity index (χ1v) is 12.3. The fraction of sp³-hybridized carbons (Fsp3) is 0.286. The van der Waals surface area contributed by atoms with E-state index in [1.54, 1.807) is 24.3 Å². The molecular formula is C28H27ClN4O4. The Morgan fingerprint density at radius 3 is 2.68 bits per heavy atom. The molecule has 0 saturated carbocycles. The van der Waals surface area contributed by atoms with Gasteiger partial charge < -0.3 is 13.7 Å². The van der Waals surface area contributed by atoms with Gasteiger partial charge in [0.15, 0.2) is 6.61 Å². The molecule has 0 saturated heterocycles. The first-order chi connectivity index (χ1) is 17.8. The molecule has 0 fully saturated rings. The number of nitriles is 1. The first kappa shape index (κ1) is 26.0. The van der Waals surface area contributed by atoms with Crippen molar-refractivity contribution in [3.8, 4) is 6.07 Å². The number of carbonyl (C=O) groups excluding carboxylic acids is 2. The maximum absolute atomic E-state index is 13.1. The van der Waals surface area contributed by atoms with E-state index in [1.165, 1.54) is 17.3 Å². The fourth-order valence-electron chi connectivity index (χ4n) is 4.36. The highest BCUT2D eigenvalue weighted by atomic mass is 35.5. The Hall–Kier alpha value is -4.09. The zero-order chi connectivity index (χ0) is 26.5. The van der Waals surface area contributed by atoms with Gasteiger partial charge in [0.2, 0.25) is 0 Å². The van der Waals surface area contributed by atoms with E-state index < -0.39 is 24.5 Å². The number of halogens is 1. The lowest BCUT2D eigenvalue weighted by Crippen LogP contribution is -2.31. The van der Waals surface area contributed by atoms with Crippen LogP contribution in [0.25, 0.3) is 6.08 Å². The largest absolute Gasteiger partial charge is 0.467 e. The van der Waals surface area contributed by atoms with E-state index in [-0.39, 0.29) is 5.57 Å². The van der Waals surface area contributed by atoms with E-state index in [1.807, 2.05) is 38.1 Å². The topological polar surface area (TPSA) is 101 Å². The van der Waals surface area contributed by atoms with Crippen LogP contribution in [0.3, 0.4) is 0 Å². The molecule has 0 bridgehead atoms. The van der Waals surface area contributed by atoms with Crippen LogP contribution in [0.4, 0.5) is 0 Å². The monoisotopic (exact) mass is 518 g/mol. The van der Waals surface area contributed by atoms with Gasteiger partial charge in [0, 0.05) is 29.4 Å². The van der Waals surface area contributed by atoms with Gasteiger partial charge in [0.05, 0.1) is 12.0 Å². The second kappa shape index (κ2) is 11.3. The average Bonchev–Trinajstić information content (AvgIpc) is 3.63. The molecule has 1 aromatic carbocycles. The van der Waals surface area contributed by atoms with Crippen molar-refractivity contribution in [3.05, 3.63) is 87.6 Å². The number of hydrazone groups is 1. The lowest BCUT2D eigenvalue weighted by Gasteiger charge is -2.19. The Kier molecular flexibility index (Phi) is 7.95. The van der Waals surface area contributed by atoms with Gasteiger partial charge in [-0.1, -0.05) is 30.7 Å². The number of hydrogen-bond donors (Lipinski definition) is 0. The Bertz CT molecular complexity index is 1400. The summed E-state index contributed by atoms with van der Waals surface area (Å²) in [5.74, 6) is -0.837. The lowest BCUT2D eigenvalue weighted by molar-refractivity contribution is -0.149. The van der Waals surface area contributed by atoms with Crippen LogP contribution in [-0.2, 0) is 20.9 Å². The minimum Gasteiger partial charge on any atom is -0.467 e. The Labute approximate surface area is 220 Å². The smallest absolute Gasteiger partial charge is 0.349 e. The van der Waals surface area contributed by atoms with E-state index in [4.69, 9.17) is 20.8 Å². The summed E-state index contributed by atoms with van der Waals surface area (Å²) in [7, 11) is 0. The number of aromatic nitrogens is 1. The van der Waals surface area contributed by atoms with E-state index in [9.17, 15) is 14.9 Å². The van der Waals surface area contributed by atoms with Crippen molar-refractivity contribution >= 4 is 35.3 Å². The average molecular weight is 519 g/mol. The zero-order valence-electron chi connectivity index (χ0n) is 20.9. The number of rotatable bonds is 8. The number of ether oxygens (including phenoxy) is 1. The minimum atomic E-state index is -0.869. The maximum Gasteiger partial charge on any atom is 0.349 e. The SMILES string of the molecule is CCCn1c(C)cc(/C=C(\C#N)C(=O)OCC(=O)N2N=C(c3ccc(Cl)cc3)C[C@@H]2c2ccco2)c1C. The summed E-state index contributed by atoms with van der Waals surface area (Å²) < 4.78 is 12.9. The Morgan fingerprint density at radius 2 is 2.03 bits per heavy atom. The third-order valence-corrected chi connectivity index (χ3v) is 6.49. The molecule has 3 aromatic rings. The molecule has 0 unspecified atom stereocenters. The summed E-state index contributed by atoms with van der Waals surface area (Å²) in [6.45, 7) is 6.28. The molecule has 1 atom stereocenters. The van der Waals surface area contributed by atoms with Crippen LogP contribution in [0.1, 0.15) is 54.1 Å². The number of carbonyl (C=O) groups is 2. The first-order valence-electron chi connectivity index (χ1n) is 12.0. The van der Waals surface area contributed by atoms with Gasteiger partial charge in [0.1, 0.15) is 23.4 Å². The molecule has 3 heterocycles. The van der Waals surface area contributed by atoms with E-state index in [0.29, 0.717) is 22.9 Å². The summed E-state index contributed by atoms with van der Waals surface area (Å²) >= 11 is 6.00. The number of aryl methyl sites for hydroxylation is 1.